The van der Waals surface area contributed by atoms with E-state index in [-0.39, 0.29) is 18.7 Å². The third-order valence-electron chi connectivity index (χ3n) is 4.13. The first-order valence-electron chi connectivity index (χ1n) is 7.74. The van der Waals surface area contributed by atoms with Crippen molar-refractivity contribution in [3.05, 3.63) is 68.3 Å². The number of hydrogen-bond acceptors (Lipinski definition) is 6. The number of hydrogen-bond donors (Lipinski definition) is 1. The number of anilines is 2. The molecule has 27 heavy (non-hydrogen) atoms. The van der Waals surface area contributed by atoms with E-state index in [9.17, 15) is 33.8 Å². The number of amides is 1. The van der Waals surface area contributed by atoms with Crippen LogP contribution in [0.5, 0.6) is 0 Å². The lowest BCUT2D eigenvalue weighted by atomic mass is 10.2. The van der Waals surface area contributed by atoms with Crippen LogP contribution in [0.4, 0.5) is 31.5 Å². The molecule has 1 amide bonds. The molecule has 1 fully saturated rings. The molecular formula is C16H12F2N4O5. The number of nitrogens with one attached hydrogen (secondary N) is 1. The lowest BCUT2D eigenvalue weighted by Gasteiger charge is -2.19. The summed E-state index contributed by atoms with van der Waals surface area (Å²) in [6.07, 6.45) is 0.140. The van der Waals surface area contributed by atoms with Gasteiger partial charge in [0.05, 0.1) is 15.9 Å². The second-order valence-electron chi connectivity index (χ2n) is 5.76. The summed E-state index contributed by atoms with van der Waals surface area (Å²) >= 11 is 0. The Morgan fingerprint density at radius 2 is 1.74 bits per heavy atom. The van der Waals surface area contributed by atoms with Crippen LogP contribution in [0.25, 0.3) is 0 Å². The molecule has 2 aromatic rings. The molecule has 2 aromatic carbocycles. The minimum atomic E-state index is -0.968. The van der Waals surface area contributed by atoms with Crippen LogP contribution < -0.4 is 10.2 Å². The van der Waals surface area contributed by atoms with Gasteiger partial charge in [0.2, 0.25) is 5.91 Å². The summed E-state index contributed by atoms with van der Waals surface area (Å²) in [5.41, 5.74) is -1.63. The van der Waals surface area contributed by atoms with Gasteiger partial charge in [-0.25, -0.2) is 8.78 Å². The van der Waals surface area contributed by atoms with Gasteiger partial charge in [0.1, 0.15) is 29.1 Å². The first-order valence-corrected chi connectivity index (χ1v) is 7.74. The van der Waals surface area contributed by atoms with E-state index in [0.717, 1.165) is 35.2 Å². The molecule has 1 N–H and O–H groups in total. The molecule has 1 aliphatic rings. The Bertz CT molecular complexity index is 932. The minimum Gasteiger partial charge on any atom is -0.368 e. The maximum atomic E-state index is 13.9. The van der Waals surface area contributed by atoms with Crippen molar-refractivity contribution in [1.29, 1.82) is 0 Å². The quantitative estimate of drug-likeness (QED) is 0.631. The van der Waals surface area contributed by atoms with E-state index in [4.69, 9.17) is 0 Å². The monoisotopic (exact) mass is 378 g/mol. The maximum Gasteiger partial charge on any atom is 0.299 e. The standard InChI is InChI=1S/C16H12F2N4O5/c17-10-2-1-3-11(18)15(10)20-7-6-13(16(20)23)19-12-5-4-9(21(24)25)8-14(12)22(26)27/h1-5,8,13,19H,6-7H2. The van der Waals surface area contributed by atoms with Crippen LogP contribution in [0.15, 0.2) is 36.4 Å². The second kappa shape index (κ2) is 6.94. The summed E-state index contributed by atoms with van der Waals surface area (Å²) in [5, 5.41) is 24.6. The molecule has 0 aromatic heterocycles. The molecule has 1 unspecified atom stereocenters. The van der Waals surface area contributed by atoms with Gasteiger partial charge in [-0.05, 0) is 24.6 Å². The van der Waals surface area contributed by atoms with Crippen molar-refractivity contribution < 1.29 is 23.4 Å². The van der Waals surface area contributed by atoms with E-state index < -0.39 is 50.5 Å². The van der Waals surface area contributed by atoms with Crippen LogP contribution >= 0.6 is 0 Å². The van der Waals surface area contributed by atoms with Crippen molar-refractivity contribution in [2.45, 2.75) is 12.5 Å². The van der Waals surface area contributed by atoms with Crippen molar-refractivity contribution in [2.75, 3.05) is 16.8 Å². The second-order valence-corrected chi connectivity index (χ2v) is 5.76. The van der Waals surface area contributed by atoms with Gasteiger partial charge in [0.15, 0.2) is 0 Å². The fraction of sp³-hybridized carbons (Fsp3) is 0.188. The number of rotatable bonds is 5. The number of non-ortho nitro benzene ring substituents is 1. The molecule has 3 rings (SSSR count). The third kappa shape index (κ3) is 3.38. The third-order valence-corrected chi connectivity index (χ3v) is 4.13. The van der Waals surface area contributed by atoms with Gasteiger partial charge in [-0.2, -0.15) is 0 Å². The predicted molar refractivity (Wildman–Crippen MR) is 90.5 cm³/mol. The molecule has 0 radical (unpaired) electrons. The zero-order chi connectivity index (χ0) is 19.7. The zero-order valence-electron chi connectivity index (χ0n) is 13.6. The molecule has 1 aliphatic heterocycles. The topological polar surface area (TPSA) is 119 Å². The Kier molecular flexibility index (Phi) is 4.67. The Morgan fingerprint density at radius 3 is 2.33 bits per heavy atom. The van der Waals surface area contributed by atoms with Crippen LogP contribution in [-0.2, 0) is 4.79 Å². The Hall–Kier alpha value is -3.63. The highest BCUT2D eigenvalue weighted by atomic mass is 19.1. The van der Waals surface area contributed by atoms with E-state index in [1.807, 2.05) is 0 Å². The van der Waals surface area contributed by atoms with Gasteiger partial charge in [0, 0.05) is 12.6 Å². The molecule has 1 atom stereocenters. The minimum absolute atomic E-state index is 0.00906. The fourth-order valence-electron chi connectivity index (χ4n) is 2.88. The SMILES string of the molecule is O=C1C(Nc2ccc([N+](=O)[O-])cc2[N+](=O)[O-])CCN1c1c(F)cccc1F. The number of nitro groups is 2. The maximum absolute atomic E-state index is 13.9. The molecule has 1 saturated heterocycles. The normalized spacial score (nSPS) is 16.4. The van der Waals surface area contributed by atoms with Gasteiger partial charge in [-0.1, -0.05) is 6.07 Å². The van der Waals surface area contributed by atoms with Crippen LogP contribution in [0.2, 0.25) is 0 Å². The summed E-state index contributed by atoms with van der Waals surface area (Å²) < 4.78 is 27.8. The number of halogens is 2. The summed E-state index contributed by atoms with van der Waals surface area (Å²) in [6, 6.07) is 5.20. The first-order chi connectivity index (χ1) is 12.8. The molecule has 0 spiro atoms. The van der Waals surface area contributed by atoms with Gasteiger partial charge < -0.3 is 10.2 Å². The van der Waals surface area contributed by atoms with Crippen molar-refractivity contribution in [3.63, 3.8) is 0 Å². The number of nitro benzene ring substituents is 2. The van der Waals surface area contributed by atoms with E-state index in [1.165, 1.54) is 6.07 Å². The largest absolute Gasteiger partial charge is 0.368 e. The van der Waals surface area contributed by atoms with Crippen LogP contribution in [0.1, 0.15) is 6.42 Å². The van der Waals surface area contributed by atoms with Crippen molar-refractivity contribution >= 4 is 28.7 Å². The van der Waals surface area contributed by atoms with Crippen LogP contribution in [0.3, 0.4) is 0 Å². The molecule has 0 saturated carbocycles. The zero-order valence-corrected chi connectivity index (χ0v) is 13.6. The fourth-order valence-corrected chi connectivity index (χ4v) is 2.88. The molecule has 0 bridgehead atoms. The highest BCUT2D eigenvalue weighted by Gasteiger charge is 2.36. The average Bonchev–Trinajstić information content (AvgIpc) is 2.95. The lowest BCUT2D eigenvalue weighted by molar-refractivity contribution is -0.393. The van der Waals surface area contributed by atoms with Gasteiger partial charge in [-0.15, -0.1) is 0 Å². The lowest BCUT2D eigenvalue weighted by Crippen LogP contribution is -2.34. The highest BCUT2D eigenvalue weighted by molar-refractivity contribution is 6.01. The van der Waals surface area contributed by atoms with E-state index in [2.05, 4.69) is 5.32 Å². The summed E-state index contributed by atoms with van der Waals surface area (Å²) in [5.74, 6) is -2.46. The van der Waals surface area contributed by atoms with Gasteiger partial charge >= 0.3 is 0 Å². The Morgan fingerprint density at radius 1 is 1.07 bits per heavy atom. The van der Waals surface area contributed by atoms with Gasteiger partial charge in [-0.3, -0.25) is 25.0 Å². The van der Waals surface area contributed by atoms with E-state index >= 15 is 0 Å². The smallest absolute Gasteiger partial charge is 0.299 e. The van der Waals surface area contributed by atoms with E-state index in [0.29, 0.717) is 0 Å². The number of carbonyl (C=O) groups excluding carboxylic acids is 1. The molecular weight excluding hydrogens is 366 g/mol. The summed E-state index contributed by atoms with van der Waals surface area (Å²) in [7, 11) is 0. The van der Waals surface area contributed by atoms with Gasteiger partial charge in [0.25, 0.3) is 11.4 Å². The Labute approximate surface area is 150 Å². The first kappa shape index (κ1) is 18.2. The summed E-state index contributed by atoms with van der Waals surface area (Å²) in [4.78, 5) is 33.8. The average molecular weight is 378 g/mol. The Balaban J connectivity index is 1.87. The molecule has 9 nitrogen and oxygen atoms in total. The van der Waals surface area contributed by atoms with Crippen molar-refractivity contribution in [1.82, 2.24) is 0 Å². The molecule has 0 aliphatic carbocycles. The number of benzene rings is 2. The van der Waals surface area contributed by atoms with Crippen LogP contribution in [0, 0.1) is 31.9 Å². The predicted octanol–water partition coefficient (Wildman–Crippen LogP) is 3.00. The van der Waals surface area contributed by atoms with E-state index in [1.54, 1.807) is 0 Å². The summed E-state index contributed by atoms with van der Waals surface area (Å²) in [6.45, 7) is 0.00906. The van der Waals surface area contributed by atoms with Crippen molar-refractivity contribution in [2.24, 2.45) is 0 Å². The molecule has 11 heteroatoms. The molecule has 140 valence electrons. The number of carbonyl (C=O) groups is 1. The highest BCUT2D eigenvalue weighted by Crippen LogP contribution is 2.32. The number of para-hydroxylation sites is 1. The number of nitrogens with zero attached hydrogens (tertiary/aromatic N) is 3. The van der Waals surface area contributed by atoms with Crippen molar-refractivity contribution in [3.8, 4) is 0 Å². The molecule has 1 heterocycles. The van der Waals surface area contributed by atoms with Crippen LogP contribution in [-0.4, -0.2) is 28.3 Å².